The topological polar surface area (TPSA) is 66.7 Å². The summed E-state index contributed by atoms with van der Waals surface area (Å²) in [5.41, 5.74) is 9.75. The maximum atomic E-state index is 5.65. The van der Waals surface area contributed by atoms with Gasteiger partial charge in [-0.25, -0.2) is 4.98 Å². The number of aryl methyl sites for hydroxylation is 2. The van der Waals surface area contributed by atoms with Gasteiger partial charge in [0.25, 0.3) is 0 Å². The maximum absolute atomic E-state index is 5.65. The fourth-order valence-electron chi connectivity index (χ4n) is 1.35. The summed E-state index contributed by atoms with van der Waals surface area (Å²) in [5.74, 6) is 0.963. The van der Waals surface area contributed by atoms with Crippen LogP contribution in [-0.4, -0.2) is 9.97 Å². The highest BCUT2D eigenvalue weighted by Gasteiger charge is 2.04. The molecule has 84 valence electrons. The van der Waals surface area contributed by atoms with Gasteiger partial charge in [-0.15, -0.1) is 0 Å². The molecule has 0 fully saturated rings. The van der Waals surface area contributed by atoms with E-state index in [1.807, 2.05) is 20.8 Å². The minimum atomic E-state index is 0.696. The lowest BCUT2D eigenvalue weighted by atomic mass is 10.3. The third-order valence-electron chi connectivity index (χ3n) is 2.48. The molecule has 0 aliphatic carbocycles. The molecule has 0 saturated heterocycles. The van der Waals surface area contributed by atoms with Gasteiger partial charge in [0, 0.05) is 17.1 Å². The lowest BCUT2D eigenvalue weighted by Gasteiger charge is -2.05. The van der Waals surface area contributed by atoms with Crippen LogP contribution < -0.4 is 11.1 Å². The predicted molar refractivity (Wildman–Crippen MR) is 62.1 cm³/mol. The van der Waals surface area contributed by atoms with Crippen molar-refractivity contribution in [3.8, 4) is 0 Å². The lowest BCUT2D eigenvalue weighted by Crippen LogP contribution is -2.15. The normalized spacial score (nSPS) is 12.5. The second kappa shape index (κ2) is 4.87. The quantitative estimate of drug-likeness (QED) is 0.703. The molecule has 0 unspecified atom stereocenters. The number of H-pyrrole nitrogens is 1. The molecule has 0 amide bonds. The number of allylic oxidation sites excluding steroid dienone is 2. The fraction of sp³-hybridized carbons (Fsp3) is 0.545. The van der Waals surface area contributed by atoms with Crippen molar-refractivity contribution in [3.63, 3.8) is 0 Å². The van der Waals surface area contributed by atoms with Crippen molar-refractivity contribution in [3.05, 3.63) is 28.6 Å². The van der Waals surface area contributed by atoms with E-state index in [1.54, 1.807) is 0 Å². The Morgan fingerprint density at radius 3 is 2.60 bits per heavy atom. The Balaban J connectivity index is 2.62. The highest BCUT2D eigenvalue weighted by molar-refractivity contribution is 5.13. The van der Waals surface area contributed by atoms with Crippen molar-refractivity contribution in [2.75, 3.05) is 0 Å². The molecule has 15 heavy (non-hydrogen) atoms. The molecule has 4 heteroatoms. The minimum Gasteiger partial charge on any atom is -0.401 e. The van der Waals surface area contributed by atoms with E-state index in [0.29, 0.717) is 6.54 Å². The van der Waals surface area contributed by atoms with Gasteiger partial charge in [0.05, 0.1) is 12.2 Å². The lowest BCUT2D eigenvalue weighted by molar-refractivity contribution is 0.754. The Hall–Kier alpha value is -1.45. The van der Waals surface area contributed by atoms with Gasteiger partial charge in [-0.1, -0.05) is 6.92 Å². The van der Waals surface area contributed by atoms with E-state index in [2.05, 4.69) is 22.2 Å². The third kappa shape index (κ3) is 3.01. The number of aromatic nitrogens is 2. The van der Waals surface area contributed by atoms with E-state index in [1.165, 1.54) is 0 Å². The van der Waals surface area contributed by atoms with Crippen LogP contribution in [0.3, 0.4) is 0 Å². The number of rotatable bonds is 4. The van der Waals surface area contributed by atoms with E-state index >= 15 is 0 Å². The summed E-state index contributed by atoms with van der Waals surface area (Å²) in [6.45, 7) is 8.70. The Bertz CT molecular complexity index is 359. The molecule has 4 nitrogen and oxygen atoms in total. The fourth-order valence-corrected chi connectivity index (χ4v) is 1.35. The highest BCUT2D eigenvalue weighted by Crippen LogP contribution is 2.05. The first-order valence-electron chi connectivity index (χ1n) is 5.25. The van der Waals surface area contributed by atoms with Gasteiger partial charge in [0.15, 0.2) is 0 Å². The highest BCUT2D eigenvalue weighted by atomic mass is 15.0. The zero-order valence-electron chi connectivity index (χ0n) is 9.94. The van der Waals surface area contributed by atoms with Crippen LogP contribution in [0.15, 0.2) is 11.4 Å². The molecule has 0 atom stereocenters. The summed E-state index contributed by atoms with van der Waals surface area (Å²) < 4.78 is 0. The summed E-state index contributed by atoms with van der Waals surface area (Å²) >= 11 is 0. The van der Waals surface area contributed by atoms with Crippen molar-refractivity contribution >= 4 is 0 Å². The smallest absolute Gasteiger partial charge is 0.125 e. The van der Waals surface area contributed by atoms with Crippen molar-refractivity contribution in [1.29, 1.82) is 0 Å². The number of nitrogens with zero attached hydrogens (tertiary/aromatic N) is 1. The molecule has 0 bridgehead atoms. The van der Waals surface area contributed by atoms with E-state index in [9.17, 15) is 0 Å². The SMILES string of the molecule is CCc1nc(CN/C(C)=C(/C)N)[nH]c1C. The van der Waals surface area contributed by atoms with Crippen LogP contribution in [-0.2, 0) is 13.0 Å². The van der Waals surface area contributed by atoms with Crippen LogP contribution in [0.4, 0.5) is 0 Å². The van der Waals surface area contributed by atoms with Crippen molar-refractivity contribution in [2.24, 2.45) is 5.73 Å². The molecule has 0 aliphatic rings. The van der Waals surface area contributed by atoms with Crippen molar-refractivity contribution in [2.45, 2.75) is 40.7 Å². The summed E-state index contributed by atoms with van der Waals surface area (Å²) in [6.07, 6.45) is 0.965. The molecule has 1 aromatic heterocycles. The molecule has 0 spiro atoms. The Labute approximate surface area is 91.0 Å². The predicted octanol–water partition coefficient (Wildman–Crippen LogP) is 1.58. The van der Waals surface area contributed by atoms with Gasteiger partial charge in [-0.05, 0) is 27.2 Å². The number of hydrogen-bond acceptors (Lipinski definition) is 3. The van der Waals surface area contributed by atoms with Crippen LogP contribution in [0.1, 0.15) is 38.0 Å². The van der Waals surface area contributed by atoms with Gasteiger partial charge < -0.3 is 16.0 Å². The Morgan fingerprint density at radius 1 is 1.47 bits per heavy atom. The molecule has 1 aromatic rings. The van der Waals surface area contributed by atoms with Gasteiger partial charge in [0.2, 0.25) is 0 Å². The zero-order valence-corrected chi connectivity index (χ0v) is 9.94. The van der Waals surface area contributed by atoms with Gasteiger partial charge in [-0.3, -0.25) is 0 Å². The summed E-state index contributed by atoms with van der Waals surface area (Å²) in [4.78, 5) is 7.73. The van der Waals surface area contributed by atoms with Crippen molar-refractivity contribution in [1.82, 2.24) is 15.3 Å². The molecule has 0 radical (unpaired) electrons. The molecule has 1 rings (SSSR count). The van der Waals surface area contributed by atoms with Crippen LogP contribution in [0.25, 0.3) is 0 Å². The molecular formula is C11H20N4. The number of nitrogens with two attached hydrogens (primary N) is 1. The second-order valence-electron chi connectivity index (χ2n) is 3.77. The first-order chi connectivity index (χ1) is 7.04. The van der Waals surface area contributed by atoms with E-state index < -0.39 is 0 Å². The van der Waals surface area contributed by atoms with E-state index in [0.717, 1.165) is 35.0 Å². The van der Waals surface area contributed by atoms with Gasteiger partial charge >= 0.3 is 0 Å². The maximum Gasteiger partial charge on any atom is 0.125 e. The Kier molecular flexibility index (Phi) is 3.77. The molecule has 4 N–H and O–H groups in total. The summed E-state index contributed by atoms with van der Waals surface area (Å²) in [7, 11) is 0. The summed E-state index contributed by atoms with van der Waals surface area (Å²) in [5, 5.41) is 3.22. The number of nitrogens with one attached hydrogen (secondary N) is 2. The average molecular weight is 208 g/mol. The molecule has 0 saturated carbocycles. The van der Waals surface area contributed by atoms with Crippen LogP contribution in [0.2, 0.25) is 0 Å². The second-order valence-corrected chi connectivity index (χ2v) is 3.77. The molecular weight excluding hydrogens is 188 g/mol. The largest absolute Gasteiger partial charge is 0.401 e. The molecule has 0 aliphatic heterocycles. The van der Waals surface area contributed by atoms with Crippen molar-refractivity contribution < 1.29 is 0 Å². The van der Waals surface area contributed by atoms with E-state index in [-0.39, 0.29) is 0 Å². The number of aromatic amines is 1. The number of imidazole rings is 1. The van der Waals surface area contributed by atoms with E-state index in [4.69, 9.17) is 5.73 Å². The van der Waals surface area contributed by atoms with Gasteiger partial charge in [0.1, 0.15) is 5.82 Å². The standard InChI is InChI=1S/C11H20N4/c1-5-10-9(4)14-11(15-10)6-13-8(3)7(2)12/h13H,5-6,12H2,1-4H3,(H,14,15)/b8-7-. The monoisotopic (exact) mass is 208 g/mol. The van der Waals surface area contributed by atoms with Gasteiger partial charge in [-0.2, -0.15) is 0 Å². The number of hydrogen-bond donors (Lipinski definition) is 3. The first-order valence-corrected chi connectivity index (χ1v) is 5.25. The molecule has 1 heterocycles. The average Bonchev–Trinajstić information content (AvgIpc) is 2.55. The zero-order chi connectivity index (χ0) is 11.4. The van der Waals surface area contributed by atoms with Crippen LogP contribution >= 0.6 is 0 Å². The van der Waals surface area contributed by atoms with Crippen LogP contribution in [0, 0.1) is 6.92 Å². The molecule has 0 aromatic carbocycles. The summed E-state index contributed by atoms with van der Waals surface area (Å²) in [6, 6.07) is 0. The third-order valence-corrected chi connectivity index (χ3v) is 2.48. The Morgan fingerprint density at radius 2 is 2.13 bits per heavy atom. The first kappa shape index (κ1) is 11.6. The van der Waals surface area contributed by atoms with Crippen LogP contribution in [0.5, 0.6) is 0 Å². The minimum absolute atomic E-state index is 0.696.